The molecule has 4 rings (SSSR count). The summed E-state index contributed by atoms with van der Waals surface area (Å²) in [7, 11) is 0. The number of hydrogen-bond donors (Lipinski definition) is 0. The first-order chi connectivity index (χ1) is 12.7. The summed E-state index contributed by atoms with van der Waals surface area (Å²) in [4.78, 5) is 12.3. The Morgan fingerprint density at radius 2 is 2.04 bits per heavy atom. The highest BCUT2D eigenvalue weighted by molar-refractivity contribution is 5.23. The number of nitrogens with zero attached hydrogens (tertiary/aromatic N) is 3. The molecule has 1 fully saturated rings. The van der Waals surface area contributed by atoms with Crippen molar-refractivity contribution < 1.29 is 0 Å². The Morgan fingerprint density at radius 3 is 2.77 bits per heavy atom. The number of aromatic nitrogens is 2. The molecule has 1 unspecified atom stereocenters. The van der Waals surface area contributed by atoms with Crippen molar-refractivity contribution in [1.82, 2.24) is 14.9 Å². The fourth-order valence-electron chi connectivity index (χ4n) is 4.85. The molecule has 140 valence electrons. The lowest BCUT2D eigenvalue weighted by molar-refractivity contribution is 0.266. The predicted octanol–water partition coefficient (Wildman–Crippen LogP) is 5.19. The van der Waals surface area contributed by atoms with Gasteiger partial charge in [0.1, 0.15) is 5.82 Å². The lowest BCUT2D eigenvalue weighted by Crippen LogP contribution is -2.33. The fourth-order valence-corrected chi connectivity index (χ4v) is 4.85. The first kappa shape index (κ1) is 17.9. The molecule has 0 N–H and O–H groups in total. The van der Waals surface area contributed by atoms with Crippen molar-refractivity contribution in [2.75, 3.05) is 13.1 Å². The van der Waals surface area contributed by atoms with Gasteiger partial charge in [-0.05, 0) is 44.9 Å². The van der Waals surface area contributed by atoms with Gasteiger partial charge in [0.25, 0.3) is 0 Å². The molecule has 1 atom stereocenters. The molecule has 3 heteroatoms. The molecule has 1 aromatic heterocycles. The Labute approximate surface area is 158 Å². The fraction of sp³-hybridized carbons (Fsp3) is 0.652. The predicted molar refractivity (Wildman–Crippen MR) is 107 cm³/mol. The summed E-state index contributed by atoms with van der Waals surface area (Å²) in [6.45, 7) is 9.57. The van der Waals surface area contributed by atoms with Crippen LogP contribution < -0.4 is 0 Å². The van der Waals surface area contributed by atoms with Crippen LogP contribution in [0.5, 0.6) is 0 Å². The average Bonchev–Trinajstić information content (AvgIpc) is 2.69. The zero-order valence-corrected chi connectivity index (χ0v) is 16.3. The second-order valence-electron chi connectivity index (χ2n) is 8.68. The van der Waals surface area contributed by atoms with Crippen molar-refractivity contribution >= 4 is 0 Å². The minimum absolute atomic E-state index is 0.612. The average molecular weight is 352 g/mol. The van der Waals surface area contributed by atoms with Crippen LogP contribution in [0.1, 0.15) is 81.3 Å². The van der Waals surface area contributed by atoms with Crippen molar-refractivity contribution in [3.05, 3.63) is 47.1 Å². The smallest absolute Gasteiger partial charge is 0.131 e. The molecule has 0 spiro atoms. The van der Waals surface area contributed by atoms with Gasteiger partial charge in [0.15, 0.2) is 0 Å². The van der Waals surface area contributed by atoms with Crippen LogP contribution in [-0.2, 0) is 13.0 Å². The molecule has 3 nitrogen and oxygen atoms in total. The highest BCUT2D eigenvalue weighted by Gasteiger charge is 2.24. The normalized spacial score (nSPS) is 24.8. The van der Waals surface area contributed by atoms with E-state index in [9.17, 15) is 0 Å². The summed E-state index contributed by atoms with van der Waals surface area (Å²) in [5, 5.41) is 0. The van der Waals surface area contributed by atoms with E-state index < -0.39 is 0 Å². The topological polar surface area (TPSA) is 29.0 Å². The molecular formula is C23H33N3. The van der Waals surface area contributed by atoms with Gasteiger partial charge < -0.3 is 0 Å². The first-order valence-corrected chi connectivity index (χ1v) is 10.6. The maximum Gasteiger partial charge on any atom is 0.131 e. The second kappa shape index (κ2) is 8.04. The lowest BCUT2D eigenvalue weighted by atomic mass is 9.85. The van der Waals surface area contributed by atoms with Gasteiger partial charge in [-0.15, -0.1) is 0 Å². The van der Waals surface area contributed by atoms with Crippen LogP contribution in [0.3, 0.4) is 0 Å². The minimum Gasteiger partial charge on any atom is -0.295 e. The molecule has 26 heavy (non-hydrogen) atoms. The van der Waals surface area contributed by atoms with E-state index in [2.05, 4.69) is 30.7 Å². The van der Waals surface area contributed by atoms with E-state index in [1.54, 1.807) is 5.57 Å². The minimum atomic E-state index is 0.612. The number of hydrogen-bond acceptors (Lipinski definition) is 3. The Kier molecular flexibility index (Phi) is 5.54. The van der Waals surface area contributed by atoms with Gasteiger partial charge in [-0.25, -0.2) is 9.97 Å². The summed E-state index contributed by atoms with van der Waals surface area (Å²) < 4.78 is 0. The molecule has 1 aromatic rings. The Balaban J connectivity index is 1.37. The van der Waals surface area contributed by atoms with Crippen molar-refractivity contribution in [2.45, 2.75) is 77.2 Å². The highest BCUT2D eigenvalue weighted by atomic mass is 15.1. The third-order valence-electron chi connectivity index (χ3n) is 6.63. The molecule has 2 heterocycles. The molecule has 1 aliphatic heterocycles. The van der Waals surface area contributed by atoms with E-state index in [-0.39, 0.29) is 0 Å². The van der Waals surface area contributed by atoms with Crippen LogP contribution in [-0.4, -0.2) is 28.0 Å². The summed E-state index contributed by atoms with van der Waals surface area (Å²) in [6, 6.07) is 0. The summed E-state index contributed by atoms with van der Waals surface area (Å²) in [6.07, 6.45) is 16.0. The van der Waals surface area contributed by atoms with Crippen LogP contribution in [0, 0.1) is 5.92 Å². The van der Waals surface area contributed by atoms with E-state index in [1.165, 1.54) is 68.2 Å². The largest absolute Gasteiger partial charge is 0.295 e. The van der Waals surface area contributed by atoms with E-state index in [1.807, 2.05) is 0 Å². The van der Waals surface area contributed by atoms with Gasteiger partial charge in [-0.3, -0.25) is 4.90 Å². The maximum atomic E-state index is 4.99. The Bertz CT molecular complexity index is 685. The molecule has 3 aliphatic rings. The molecule has 0 aromatic carbocycles. The van der Waals surface area contributed by atoms with Gasteiger partial charge in [-0.1, -0.05) is 43.1 Å². The van der Waals surface area contributed by atoms with Crippen LogP contribution >= 0.6 is 0 Å². The Morgan fingerprint density at radius 1 is 1.19 bits per heavy atom. The van der Waals surface area contributed by atoms with Gasteiger partial charge in [0, 0.05) is 49.4 Å². The molecule has 0 saturated heterocycles. The van der Waals surface area contributed by atoms with Crippen molar-refractivity contribution in [1.29, 1.82) is 0 Å². The second-order valence-corrected chi connectivity index (χ2v) is 8.68. The van der Waals surface area contributed by atoms with E-state index >= 15 is 0 Å². The van der Waals surface area contributed by atoms with E-state index in [0.717, 1.165) is 31.9 Å². The van der Waals surface area contributed by atoms with Crippen LogP contribution in [0.25, 0.3) is 0 Å². The van der Waals surface area contributed by atoms with Gasteiger partial charge in [0.2, 0.25) is 0 Å². The van der Waals surface area contributed by atoms with Crippen LogP contribution in [0.4, 0.5) is 0 Å². The van der Waals surface area contributed by atoms with Crippen LogP contribution in [0.15, 0.2) is 30.0 Å². The monoisotopic (exact) mass is 351 g/mol. The van der Waals surface area contributed by atoms with E-state index in [0.29, 0.717) is 11.8 Å². The number of rotatable bonds is 4. The van der Waals surface area contributed by atoms with Crippen molar-refractivity contribution in [3.8, 4) is 0 Å². The summed E-state index contributed by atoms with van der Waals surface area (Å²) in [5.41, 5.74) is 5.63. The summed E-state index contributed by atoms with van der Waals surface area (Å²) in [5.74, 6) is 2.44. The van der Waals surface area contributed by atoms with Gasteiger partial charge in [0.05, 0.1) is 0 Å². The molecule has 1 saturated carbocycles. The maximum absolute atomic E-state index is 4.99. The Hall–Kier alpha value is -1.48. The van der Waals surface area contributed by atoms with Crippen molar-refractivity contribution in [3.63, 3.8) is 0 Å². The van der Waals surface area contributed by atoms with Gasteiger partial charge in [-0.2, -0.15) is 0 Å². The van der Waals surface area contributed by atoms with Crippen LogP contribution in [0.2, 0.25) is 0 Å². The molecule has 2 aliphatic carbocycles. The third kappa shape index (κ3) is 4.09. The zero-order valence-electron chi connectivity index (χ0n) is 16.3. The van der Waals surface area contributed by atoms with Crippen molar-refractivity contribution in [2.24, 2.45) is 5.92 Å². The lowest BCUT2D eigenvalue weighted by Gasteiger charge is -2.31. The third-order valence-corrected chi connectivity index (χ3v) is 6.63. The molecule has 0 bridgehead atoms. The SMILES string of the molecule is C=C(C)C1CC=C(CN2CCc3nc(C4CCCCC4)ncc3C2)CC1. The summed E-state index contributed by atoms with van der Waals surface area (Å²) >= 11 is 0. The molecular weight excluding hydrogens is 318 g/mol. The van der Waals surface area contributed by atoms with Gasteiger partial charge >= 0.3 is 0 Å². The zero-order chi connectivity index (χ0) is 17.9. The first-order valence-electron chi connectivity index (χ1n) is 10.6. The standard InChI is InChI=1S/C23H33N3/c1-17(2)19-10-8-18(9-11-19)15-26-13-12-22-21(16-26)14-24-23(25-22)20-6-4-3-5-7-20/h8,14,19-20H,1,3-7,9-13,15-16H2,2H3. The van der Waals surface area contributed by atoms with E-state index in [4.69, 9.17) is 9.97 Å². The molecule has 0 amide bonds. The number of allylic oxidation sites excluding steroid dienone is 2. The molecule has 0 radical (unpaired) electrons. The highest BCUT2D eigenvalue weighted by Crippen LogP contribution is 2.32. The quantitative estimate of drug-likeness (QED) is 0.699. The number of fused-ring (bicyclic) bond motifs is 1.